The van der Waals surface area contributed by atoms with Crippen molar-refractivity contribution in [2.75, 3.05) is 19.7 Å². The third-order valence-corrected chi connectivity index (χ3v) is 4.68. The Hall–Kier alpha value is -1.92. The lowest BCUT2D eigenvalue weighted by Gasteiger charge is -2.41. The summed E-state index contributed by atoms with van der Waals surface area (Å²) in [5.74, 6) is 0.985. The Bertz CT molecular complexity index is 672. The zero-order chi connectivity index (χ0) is 15.6. The molecule has 0 radical (unpaired) electrons. The normalized spacial score (nSPS) is 24.0. The van der Waals surface area contributed by atoms with Crippen LogP contribution in [-0.2, 0) is 17.9 Å². The lowest BCUT2D eigenvalue weighted by Crippen LogP contribution is -2.47. The van der Waals surface area contributed by atoms with Crippen LogP contribution in [0.3, 0.4) is 0 Å². The Morgan fingerprint density at radius 1 is 1.35 bits per heavy atom. The highest BCUT2D eigenvalue weighted by molar-refractivity contribution is 5.33. The summed E-state index contributed by atoms with van der Waals surface area (Å²) in [6.07, 6.45) is 3.09. The number of hydrogen-bond acceptors (Lipinski definition) is 5. The van der Waals surface area contributed by atoms with Crippen LogP contribution in [0.1, 0.15) is 30.6 Å². The molecule has 2 unspecified atom stereocenters. The van der Waals surface area contributed by atoms with Crippen molar-refractivity contribution < 1.29 is 9.47 Å². The van der Waals surface area contributed by atoms with Gasteiger partial charge in [-0.2, -0.15) is 0 Å². The molecule has 4 rings (SSSR count). The van der Waals surface area contributed by atoms with Gasteiger partial charge < -0.3 is 9.47 Å². The molecular weight excluding hydrogens is 292 g/mol. The van der Waals surface area contributed by atoms with Crippen molar-refractivity contribution in [3.8, 4) is 5.75 Å². The molecular formula is C17H22N4O2. The fourth-order valence-electron chi connectivity index (χ4n) is 3.56. The van der Waals surface area contributed by atoms with Crippen LogP contribution in [0.4, 0.5) is 0 Å². The highest BCUT2D eigenvalue weighted by Crippen LogP contribution is 2.31. The van der Waals surface area contributed by atoms with E-state index in [0.29, 0.717) is 13.2 Å². The van der Waals surface area contributed by atoms with Crippen molar-refractivity contribution in [1.82, 2.24) is 19.9 Å². The number of para-hydroxylation sites is 1. The Morgan fingerprint density at radius 3 is 3.17 bits per heavy atom. The first-order chi connectivity index (χ1) is 11.3. The van der Waals surface area contributed by atoms with Crippen LogP contribution in [0, 0.1) is 0 Å². The van der Waals surface area contributed by atoms with Gasteiger partial charge >= 0.3 is 0 Å². The second kappa shape index (κ2) is 6.29. The number of likely N-dealkylation sites (tertiary alicyclic amines) is 1. The van der Waals surface area contributed by atoms with E-state index in [0.717, 1.165) is 37.5 Å². The van der Waals surface area contributed by atoms with E-state index in [2.05, 4.69) is 32.0 Å². The summed E-state index contributed by atoms with van der Waals surface area (Å²) in [6, 6.07) is 8.55. The summed E-state index contributed by atoms with van der Waals surface area (Å²) in [4.78, 5) is 2.46. The number of piperidine rings is 1. The van der Waals surface area contributed by atoms with Crippen molar-refractivity contribution in [2.24, 2.45) is 0 Å². The van der Waals surface area contributed by atoms with E-state index in [-0.39, 0.29) is 12.1 Å². The molecule has 2 aromatic rings. The van der Waals surface area contributed by atoms with Crippen molar-refractivity contribution in [2.45, 2.75) is 38.6 Å². The van der Waals surface area contributed by atoms with Gasteiger partial charge in [0.15, 0.2) is 0 Å². The number of nitrogens with zero attached hydrogens (tertiary/aromatic N) is 4. The van der Waals surface area contributed by atoms with Gasteiger partial charge in [-0.3, -0.25) is 4.90 Å². The van der Waals surface area contributed by atoms with Crippen LogP contribution in [0.25, 0.3) is 0 Å². The van der Waals surface area contributed by atoms with E-state index >= 15 is 0 Å². The van der Waals surface area contributed by atoms with E-state index < -0.39 is 0 Å². The van der Waals surface area contributed by atoms with Crippen molar-refractivity contribution in [1.29, 1.82) is 0 Å². The molecule has 1 aromatic carbocycles. The maximum atomic E-state index is 5.98. The zero-order valence-electron chi connectivity index (χ0n) is 13.4. The van der Waals surface area contributed by atoms with Crippen molar-refractivity contribution in [3.05, 3.63) is 41.7 Å². The first-order valence-electron chi connectivity index (χ1n) is 8.29. The van der Waals surface area contributed by atoms with Crippen LogP contribution >= 0.6 is 0 Å². The first-order valence-corrected chi connectivity index (χ1v) is 8.29. The topological polar surface area (TPSA) is 52.4 Å². The molecule has 0 N–H and O–H groups in total. The molecule has 0 bridgehead atoms. The summed E-state index contributed by atoms with van der Waals surface area (Å²) in [6.45, 7) is 6.20. The number of fused-ring (bicyclic) bond motifs is 3. The van der Waals surface area contributed by atoms with E-state index in [1.165, 1.54) is 5.56 Å². The van der Waals surface area contributed by atoms with E-state index in [1.807, 2.05) is 19.1 Å². The largest absolute Gasteiger partial charge is 0.494 e. The lowest BCUT2D eigenvalue weighted by atomic mass is 9.99. The molecule has 6 nitrogen and oxygen atoms in total. The third kappa shape index (κ3) is 2.84. The van der Waals surface area contributed by atoms with E-state index in [9.17, 15) is 0 Å². The minimum absolute atomic E-state index is 0.252. The molecule has 2 aliphatic heterocycles. The molecule has 1 saturated heterocycles. The van der Waals surface area contributed by atoms with Crippen LogP contribution < -0.4 is 4.74 Å². The third-order valence-electron chi connectivity index (χ3n) is 4.68. The number of aromatic nitrogens is 3. The summed E-state index contributed by atoms with van der Waals surface area (Å²) < 4.78 is 13.8. The molecule has 0 aliphatic carbocycles. The summed E-state index contributed by atoms with van der Waals surface area (Å²) in [7, 11) is 0. The van der Waals surface area contributed by atoms with Gasteiger partial charge in [0, 0.05) is 25.2 Å². The molecule has 23 heavy (non-hydrogen) atoms. The van der Waals surface area contributed by atoms with Gasteiger partial charge in [-0.1, -0.05) is 23.4 Å². The predicted octanol–water partition coefficient (Wildman–Crippen LogP) is 2.02. The summed E-state index contributed by atoms with van der Waals surface area (Å²) in [5.41, 5.74) is 2.31. The standard InChI is InChI=1S/C17H22N4O2/c1-2-22-16-6-4-3-5-13(16)10-20-8-7-17-15(11-20)21-14(12-23-17)9-18-19-21/h3-6,9,15,17H,2,7-8,10-12H2,1H3. The van der Waals surface area contributed by atoms with E-state index in [4.69, 9.17) is 9.47 Å². The predicted molar refractivity (Wildman–Crippen MR) is 85.1 cm³/mol. The molecule has 3 heterocycles. The molecule has 2 atom stereocenters. The maximum absolute atomic E-state index is 5.98. The Kier molecular flexibility index (Phi) is 4.01. The van der Waals surface area contributed by atoms with Gasteiger partial charge in [0.2, 0.25) is 0 Å². The highest BCUT2D eigenvalue weighted by atomic mass is 16.5. The second-order valence-corrected chi connectivity index (χ2v) is 6.15. The van der Waals surface area contributed by atoms with Crippen LogP contribution in [-0.4, -0.2) is 45.7 Å². The zero-order valence-corrected chi connectivity index (χ0v) is 13.4. The van der Waals surface area contributed by atoms with Crippen molar-refractivity contribution in [3.63, 3.8) is 0 Å². The van der Waals surface area contributed by atoms with Crippen LogP contribution in [0.15, 0.2) is 30.5 Å². The molecule has 2 aliphatic rings. The van der Waals surface area contributed by atoms with Crippen molar-refractivity contribution >= 4 is 0 Å². The highest BCUT2D eigenvalue weighted by Gasteiger charge is 2.36. The van der Waals surface area contributed by atoms with Crippen LogP contribution in [0.5, 0.6) is 5.75 Å². The monoisotopic (exact) mass is 314 g/mol. The van der Waals surface area contributed by atoms with Gasteiger partial charge in [-0.15, -0.1) is 5.10 Å². The van der Waals surface area contributed by atoms with Gasteiger partial charge in [0.1, 0.15) is 5.75 Å². The van der Waals surface area contributed by atoms with Gasteiger partial charge in [-0.05, 0) is 19.4 Å². The lowest BCUT2D eigenvalue weighted by molar-refractivity contribution is -0.0670. The Labute approximate surface area is 136 Å². The molecule has 0 amide bonds. The summed E-state index contributed by atoms with van der Waals surface area (Å²) in [5, 5.41) is 8.30. The summed E-state index contributed by atoms with van der Waals surface area (Å²) >= 11 is 0. The average Bonchev–Trinajstić information content (AvgIpc) is 3.06. The molecule has 6 heteroatoms. The smallest absolute Gasteiger partial charge is 0.123 e. The van der Waals surface area contributed by atoms with Gasteiger partial charge in [0.25, 0.3) is 0 Å². The van der Waals surface area contributed by atoms with Gasteiger partial charge in [-0.25, -0.2) is 4.68 Å². The minimum Gasteiger partial charge on any atom is -0.494 e. The quantitative estimate of drug-likeness (QED) is 0.864. The number of hydrogen-bond donors (Lipinski definition) is 0. The fraction of sp³-hybridized carbons (Fsp3) is 0.529. The average molecular weight is 314 g/mol. The SMILES string of the molecule is CCOc1ccccc1CN1CCC2OCc3cnnn3C2C1. The number of rotatable bonds is 4. The Morgan fingerprint density at radius 2 is 2.26 bits per heavy atom. The number of benzene rings is 1. The van der Waals surface area contributed by atoms with E-state index in [1.54, 1.807) is 6.20 Å². The molecule has 0 saturated carbocycles. The van der Waals surface area contributed by atoms with Gasteiger partial charge in [0.05, 0.1) is 37.3 Å². The molecule has 0 spiro atoms. The number of ether oxygens (including phenoxy) is 2. The second-order valence-electron chi connectivity index (χ2n) is 6.15. The maximum Gasteiger partial charge on any atom is 0.123 e. The van der Waals surface area contributed by atoms with Crippen LogP contribution in [0.2, 0.25) is 0 Å². The fourth-order valence-corrected chi connectivity index (χ4v) is 3.56. The molecule has 1 aromatic heterocycles. The Balaban J connectivity index is 1.50. The molecule has 122 valence electrons. The molecule has 1 fully saturated rings. The first kappa shape index (κ1) is 14.7. The minimum atomic E-state index is 0.252.